The van der Waals surface area contributed by atoms with Gasteiger partial charge in [-0.1, -0.05) is 5.92 Å². The highest BCUT2D eigenvalue weighted by Gasteiger charge is 2.37. The van der Waals surface area contributed by atoms with Crippen LogP contribution in [0.3, 0.4) is 0 Å². The van der Waals surface area contributed by atoms with E-state index < -0.39 is 12.1 Å². The Bertz CT molecular complexity index is 903. The summed E-state index contributed by atoms with van der Waals surface area (Å²) in [5, 5.41) is 5.11. The van der Waals surface area contributed by atoms with Gasteiger partial charge >= 0.3 is 12.1 Å². The number of esters is 1. The molecule has 3 fully saturated rings. The molecule has 5 rings (SSSR count). The molecule has 2 aromatic rings. The Kier molecular flexibility index (Phi) is 3.70. The number of amides is 1. The van der Waals surface area contributed by atoms with Crippen LogP contribution in [0.1, 0.15) is 34.9 Å². The van der Waals surface area contributed by atoms with Gasteiger partial charge in [0.1, 0.15) is 0 Å². The number of rotatable bonds is 2. The predicted octanol–water partition coefficient (Wildman–Crippen LogP) is 1.52. The van der Waals surface area contributed by atoms with Crippen LogP contribution >= 0.6 is 0 Å². The molecule has 0 saturated carbocycles. The number of benzene rings is 1. The van der Waals surface area contributed by atoms with Gasteiger partial charge in [-0.05, 0) is 50.0 Å². The van der Waals surface area contributed by atoms with Gasteiger partial charge in [0.2, 0.25) is 0 Å². The fourth-order valence-corrected chi connectivity index (χ4v) is 3.98. The third-order valence-electron chi connectivity index (χ3n) is 5.20. The fourth-order valence-electron chi connectivity index (χ4n) is 3.98. The lowest BCUT2D eigenvalue weighted by molar-refractivity contribution is 0.0518. The van der Waals surface area contributed by atoms with Gasteiger partial charge in [-0.3, -0.25) is 4.68 Å². The van der Waals surface area contributed by atoms with Gasteiger partial charge in [-0.25, -0.2) is 9.59 Å². The molecule has 7 heteroatoms. The number of aromatic nitrogens is 2. The first kappa shape index (κ1) is 15.7. The molecular weight excluding hydrogens is 320 g/mol. The molecule has 25 heavy (non-hydrogen) atoms. The molecule has 0 spiro atoms. The highest BCUT2D eigenvalue weighted by Crippen LogP contribution is 2.37. The van der Waals surface area contributed by atoms with Gasteiger partial charge in [0, 0.05) is 17.5 Å². The Labute approximate surface area is 144 Å². The van der Waals surface area contributed by atoms with E-state index >= 15 is 0 Å². The highest BCUT2D eigenvalue weighted by atomic mass is 16.6. The van der Waals surface area contributed by atoms with Crippen molar-refractivity contribution in [1.82, 2.24) is 14.7 Å². The SMILES string of the molecule is C#Cc1ccc2c(C(=O)OC(N)=O)nn([C@@H]3CN4CCC3CC4)c2c1. The average molecular weight is 338 g/mol. The number of ether oxygens (including phenoxy) is 1. The molecule has 2 N–H and O–H groups in total. The minimum atomic E-state index is -1.14. The molecule has 3 aliphatic rings. The van der Waals surface area contributed by atoms with Crippen LogP contribution in [0.2, 0.25) is 0 Å². The number of nitrogens with zero attached hydrogens (tertiary/aromatic N) is 3. The average Bonchev–Trinajstić information content (AvgIpc) is 3.00. The number of nitrogens with two attached hydrogens (primary N) is 1. The van der Waals surface area contributed by atoms with Crippen molar-refractivity contribution in [2.45, 2.75) is 18.9 Å². The number of fused-ring (bicyclic) bond motifs is 4. The molecule has 0 aliphatic carbocycles. The number of hydrogen-bond acceptors (Lipinski definition) is 5. The summed E-state index contributed by atoms with van der Waals surface area (Å²) in [6.07, 6.45) is 6.60. The van der Waals surface area contributed by atoms with Gasteiger partial charge in [-0.15, -0.1) is 6.42 Å². The van der Waals surface area contributed by atoms with E-state index in [-0.39, 0.29) is 11.7 Å². The molecule has 3 aliphatic heterocycles. The standard InChI is InChI=1S/C18H18N4O3/c1-2-11-3-4-13-14(9-11)22(20-16(13)17(23)25-18(19)24)15-10-21-7-5-12(15)6-8-21/h1,3-4,9,12,15H,5-8,10H2,(H2,19,24)/t15-/m1/s1. The second kappa shape index (κ2) is 5.90. The van der Waals surface area contributed by atoms with Gasteiger partial charge in [0.15, 0.2) is 5.69 Å². The van der Waals surface area contributed by atoms with Crippen molar-refractivity contribution in [3.05, 3.63) is 29.5 Å². The van der Waals surface area contributed by atoms with Crippen molar-refractivity contribution in [2.24, 2.45) is 11.7 Å². The number of terminal acetylenes is 1. The summed E-state index contributed by atoms with van der Waals surface area (Å²) in [6, 6.07) is 5.51. The van der Waals surface area contributed by atoms with Crippen LogP contribution in [0.15, 0.2) is 18.2 Å². The molecule has 1 aromatic heterocycles. The summed E-state index contributed by atoms with van der Waals surface area (Å²) in [6.45, 7) is 3.10. The monoisotopic (exact) mass is 338 g/mol. The van der Waals surface area contributed by atoms with E-state index in [0.29, 0.717) is 16.9 Å². The highest BCUT2D eigenvalue weighted by molar-refractivity contribution is 6.05. The summed E-state index contributed by atoms with van der Waals surface area (Å²) in [5.41, 5.74) is 6.56. The number of piperidine rings is 3. The van der Waals surface area contributed by atoms with Gasteiger partial charge in [0.05, 0.1) is 11.6 Å². The Morgan fingerprint density at radius 1 is 1.32 bits per heavy atom. The topological polar surface area (TPSA) is 90.5 Å². The van der Waals surface area contributed by atoms with Crippen molar-refractivity contribution in [3.63, 3.8) is 0 Å². The molecule has 1 atom stereocenters. The molecule has 128 valence electrons. The first-order valence-electron chi connectivity index (χ1n) is 8.29. The van der Waals surface area contributed by atoms with Crippen molar-refractivity contribution in [1.29, 1.82) is 0 Å². The van der Waals surface area contributed by atoms with Crippen LogP contribution < -0.4 is 5.73 Å². The molecule has 4 heterocycles. The van der Waals surface area contributed by atoms with Gasteiger partial charge in [0.25, 0.3) is 0 Å². The third kappa shape index (κ3) is 2.65. The van der Waals surface area contributed by atoms with E-state index in [2.05, 4.69) is 20.7 Å². The summed E-state index contributed by atoms with van der Waals surface area (Å²) < 4.78 is 6.42. The second-order valence-corrected chi connectivity index (χ2v) is 6.58. The maximum absolute atomic E-state index is 12.2. The Morgan fingerprint density at radius 2 is 2.08 bits per heavy atom. The van der Waals surface area contributed by atoms with E-state index in [0.717, 1.165) is 38.0 Å². The molecule has 1 amide bonds. The zero-order valence-electron chi connectivity index (χ0n) is 13.6. The van der Waals surface area contributed by atoms with Gasteiger partial charge < -0.3 is 15.4 Å². The van der Waals surface area contributed by atoms with E-state index in [1.165, 1.54) is 0 Å². The molecule has 7 nitrogen and oxygen atoms in total. The largest absolute Gasteiger partial charge is 0.412 e. The Morgan fingerprint density at radius 3 is 2.68 bits per heavy atom. The Balaban J connectivity index is 1.84. The van der Waals surface area contributed by atoms with E-state index in [1.807, 2.05) is 10.7 Å². The van der Waals surface area contributed by atoms with E-state index in [9.17, 15) is 9.59 Å². The van der Waals surface area contributed by atoms with Crippen molar-refractivity contribution < 1.29 is 14.3 Å². The summed E-state index contributed by atoms with van der Waals surface area (Å²) in [5.74, 6) is 2.29. The maximum atomic E-state index is 12.2. The molecule has 1 aromatic carbocycles. The second-order valence-electron chi connectivity index (χ2n) is 6.58. The normalized spacial score (nSPS) is 24.8. The lowest BCUT2D eigenvalue weighted by Gasteiger charge is -2.44. The van der Waals surface area contributed by atoms with Crippen molar-refractivity contribution >= 4 is 23.0 Å². The molecular formula is C18H18N4O3. The first-order valence-corrected chi connectivity index (χ1v) is 8.29. The third-order valence-corrected chi connectivity index (χ3v) is 5.20. The molecule has 2 bridgehead atoms. The zero-order chi connectivity index (χ0) is 17.6. The molecule has 0 radical (unpaired) electrons. The number of hydrogen-bond donors (Lipinski definition) is 1. The van der Waals surface area contributed by atoms with Crippen LogP contribution in [0.5, 0.6) is 0 Å². The lowest BCUT2D eigenvalue weighted by atomic mass is 9.84. The predicted molar refractivity (Wildman–Crippen MR) is 90.9 cm³/mol. The van der Waals surface area contributed by atoms with Crippen LogP contribution in [0.4, 0.5) is 4.79 Å². The van der Waals surface area contributed by atoms with Crippen LogP contribution in [0.25, 0.3) is 10.9 Å². The number of primary amides is 1. The summed E-state index contributed by atoms with van der Waals surface area (Å²) >= 11 is 0. The molecule has 0 unspecified atom stereocenters. The maximum Gasteiger partial charge on any atom is 0.412 e. The van der Waals surface area contributed by atoms with E-state index in [1.54, 1.807) is 12.1 Å². The Hall–Kier alpha value is -2.85. The van der Waals surface area contributed by atoms with Crippen LogP contribution in [-0.4, -0.2) is 46.4 Å². The number of carbonyl (C=O) groups is 2. The number of carbonyl (C=O) groups excluding carboxylic acids is 2. The minimum absolute atomic E-state index is 0.0915. The molecule has 3 saturated heterocycles. The minimum Gasteiger partial charge on any atom is -0.371 e. The zero-order valence-corrected chi connectivity index (χ0v) is 13.6. The lowest BCUT2D eigenvalue weighted by Crippen LogP contribution is -2.48. The van der Waals surface area contributed by atoms with Crippen molar-refractivity contribution in [2.75, 3.05) is 19.6 Å². The smallest absolute Gasteiger partial charge is 0.371 e. The summed E-state index contributed by atoms with van der Waals surface area (Å²) in [4.78, 5) is 25.6. The van der Waals surface area contributed by atoms with Crippen LogP contribution in [0, 0.1) is 18.3 Å². The fraction of sp³-hybridized carbons (Fsp3) is 0.389. The van der Waals surface area contributed by atoms with Crippen LogP contribution in [-0.2, 0) is 4.74 Å². The first-order chi connectivity index (χ1) is 12.1. The van der Waals surface area contributed by atoms with Crippen molar-refractivity contribution in [3.8, 4) is 12.3 Å². The summed E-state index contributed by atoms with van der Waals surface area (Å²) in [7, 11) is 0. The van der Waals surface area contributed by atoms with Gasteiger partial charge in [-0.2, -0.15) is 5.10 Å². The quantitative estimate of drug-likeness (QED) is 0.509. The van der Waals surface area contributed by atoms with E-state index in [4.69, 9.17) is 12.2 Å².